The Morgan fingerprint density at radius 2 is 2.50 bits per heavy atom. The molecule has 1 aromatic heterocycles. The maximum Gasteiger partial charge on any atom is 0.243 e. The molecule has 0 saturated carbocycles. The first kappa shape index (κ1) is 9.68. The average Bonchev–Trinajstić information content (AvgIpc) is 2.87. The molecule has 0 aliphatic carbocycles. The Hall–Kier alpha value is -0.870. The van der Waals surface area contributed by atoms with Gasteiger partial charge in [-0.05, 0) is 6.92 Å². The first-order valence-electron chi connectivity index (χ1n) is 4.97. The molecule has 2 heterocycles. The van der Waals surface area contributed by atoms with Gasteiger partial charge in [0.05, 0.1) is 12.7 Å². The molecule has 0 amide bonds. The summed E-state index contributed by atoms with van der Waals surface area (Å²) in [6.07, 6.45) is 6.93. The van der Waals surface area contributed by atoms with E-state index in [0.717, 1.165) is 19.7 Å². The molecule has 78 valence electrons. The van der Waals surface area contributed by atoms with E-state index in [1.807, 2.05) is 0 Å². The zero-order chi connectivity index (χ0) is 9.97. The van der Waals surface area contributed by atoms with E-state index in [0.29, 0.717) is 6.10 Å². The Kier molecular flexibility index (Phi) is 2.84. The van der Waals surface area contributed by atoms with Gasteiger partial charge in [-0.1, -0.05) is 0 Å². The van der Waals surface area contributed by atoms with Gasteiger partial charge >= 0.3 is 0 Å². The number of imidazole rings is 1. The zero-order valence-electron chi connectivity index (χ0n) is 8.72. The average molecular weight is 197 g/mol. The molecule has 0 spiro atoms. The van der Waals surface area contributed by atoms with Crippen LogP contribution in [-0.2, 0) is 22.6 Å². The van der Waals surface area contributed by atoms with Crippen molar-refractivity contribution in [2.75, 3.05) is 13.7 Å². The van der Waals surface area contributed by atoms with E-state index in [9.17, 15) is 0 Å². The van der Waals surface area contributed by atoms with Gasteiger partial charge in [-0.2, -0.15) is 0 Å². The van der Waals surface area contributed by atoms with E-state index in [1.54, 1.807) is 7.11 Å². The fraction of sp³-hybridized carbons (Fsp3) is 0.700. The Morgan fingerprint density at radius 3 is 3.14 bits per heavy atom. The van der Waals surface area contributed by atoms with Crippen molar-refractivity contribution in [1.29, 1.82) is 0 Å². The van der Waals surface area contributed by atoms with Crippen LogP contribution in [0.3, 0.4) is 0 Å². The maximum atomic E-state index is 5.20. The fourth-order valence-corrected chi connectivity index (χ4v) is 1.43. The molecular formula is C10H17N2O2+. The fourth-order valence-electron chi connectivity index (χ4n) is 1.43. The van der Waals surface area contributed by atoms with Crippen LogP contribution in [0.4, 0.5) is 0 Å². The van der Waals surface area contributed by atoms with Crippen LogP contribution in [0.5, 0.6) is 0 Å². The number of epoxide rings is 1. The monoisotopic (exact) mass is 197 g/mol. The minimum absolute atomic E-state index is 0.257. The van der Waals surface area contributed by atoms with Crippen molar-refractivity contribution in [3.8, 4) is 0 Å². The third kappa shape index (κ3) is 2.56. The van der Waals surface area contributed by atoms with E-state index in [4.69, 9.17) is 9.47 Å². The number of rotatable bonds is 5. The minimum Gasteiger partial charge on any atom is -0.378 e. The lowest BCUT2D eigenvalue weighted by Gasteiger charge is -2.04. The molecule has 4 heteroatoms. The third-order valence-corrected chi connectivity index (χ3v) is 2.43. The van der Waals surface area contributed by atoms with Crippen molar-refractivity contribution >= 4 is 0 Å². The lowest BCUT2D eigenvalue weighted by Crippen LogP contribution is -2.37. The van der Waals surface area contributed by atoms with Gasteiger partial charge in [-0.3, -0.25) is 0 Å². The molecule has 2 unspecified atom stereocenters. The molecule has 1 fully saturated rings. The molecule has 0 bridgehead atoms. The van der Waals surface area contributed by atoms with Gasteiger partial charge in [0.1, 0.15) is 31.6 Å². The van der Waals surface area contributed by atoms with Crippen molar-refractivity contribution < 1.29 is 14.0 Å². The van der Waals surface area contributed by atoms with E-state index >= 15 is 0 Å². The largest absolute Gasteiger partial charge is 0.378 e. The van der Waals surface area contributed by atoms with Crippen LogP contribution in [0.2, 0.25) is 0 Å². The molecule has 2 rings (SSSR count). The van der Waals surface area contributed by atoms with E-state index in [2.05, 4.69) is 34.8 Å². The number of methoxy groups -OCH3 is 1. The molecule has 1 aliphatic heterocycles. The summed E-state index contributed by atoms with van der Waals surface area (Å²) in [6.45, 7) is 4.84. The SMILES string of the molecule is COC(C)C[n+]1ccn(CC2CO2)c1. The van der Waals surface area contributed by atoms with Crippen LogP contribution in [0, 0.1) is 0 Å². The van der Waals surface area contributed by atoms with Crippen molar-refractivity contribution in [3.05, 3.63) is 18.7 Å². The lowest BCUT2D eigenvalue weighted by atomic mass is 10.4. The first-order valence-corrected chi connectivity index (χ1v) is 4.97. The molecule has 4 nitrogen and oxygen atoms in total. The molecule has 2 atom stereocenters. The minimum atomic E-state index is 0.257. The van der Waals surface area contributed by atoms with Crippen molar-refractivity contribution in [1.82, 2.24) is 4.57 Å². The highest BCUT2D eigenvalue weighted by Crippen LogP contribution is 2.10. The van der Waals surface area contributed by atoms with Crippen molar-refractivity contribution in [2.45, 2.75) is 32.2 Å². The van der Waals surface area contributed by atoms with E-state index in [-0.39, 0.29) is 6.10 Å². The highest BCUT2D eigenvalue weighted by Gasteiger charge is 2.25. The van der Waals surface area contributed by atoms with Gasteiger partial charge in [0.25, 0.3) is 0 Å². The predicted octanol–water partition coefficient (Wildman–Crippen LogP) is 0.209. The Morgan fingerprint density at radius 1 is 1.71 bits per heavy atom. The smallest absolute Gasteiger partial charge is 0.243 e. The number of ether oxygens (including phenoxy) is 2. The van der Waals surface area contributed by atoms with Crippen LogP contribution >= 0.6 is 0 Å². The first-order chi connectivity index (χ1) is 6.78. The van der Waals surface area contributed by atoms with Crippen LogP contribution in [0.25, 0.3) is 0 Å². The topological polar surface area (TPSA) is 30.6 Å². The quantitative estimate of drug-likeness (QED) is 0.499. The number of nitrogens with zero attached hydrogens (tertiary/aromatic N) is 2. The summed E-state index contributed by atoms with van der Waals surface area (Å²) in [6, 6.07) is 0. The van der Waals surface area contributed by atoms with Crippen molar-refractivity contribution in [3.63, 3.8) is 0 Å². The molecule has 1 saturated heterocycles. The predicted molar refractivity (Wildman–Crippen MR) is 50.8 cm³/mol. The van der Waals surface area contributed by atoms with Gasteiger partial charge in [0.2, 0.25) is 6.33 Å². The van der Waals surface area contributed by atoms with Crippen LogP contribution in [-0.4, -0.2) is 30.5 Å². The van der Waals surface area contributed by atoms with E-state index < -0.39 is 0 Å². The second-order valence-corrected chi connectivity index (χ2v) is 3.81. The van der Waals surface area contributed by atoms with Crippen LogP contribution in [0.15, 0.2) is 18.7 Å². The highest BCUT2D eigenvalue weighted by molar-refractivity contribution is 4.74. The molecule has 1 aliphatic rings. The maximum absolute atomic E-state index is 5.20. The summed E-state index contributed by atoms with van der Waals surface area (Å²) in [5, 5.41) is 0. The molecule has 0 N–H and O–H groups in total. The van der Waals surface area contributed by atoms with Gasteiger partial charge in [-0.25, -0.2) is 9.13 Å². The second kappa shape index (κ2) is 4.11. The summed E-state index contributed by atoms with van der Waals surface area (Å²) >= 11 is 0. The molecule has 14 heavy (non-hydrogen) atoms. The number of aromatic nitrogens is 2. The normalized spacial score (nSPS) is 22.3. The van der Waals surface area contributed by atoms with Crippen molar-refractivity contribution in [2.24, 2.45) is 0 Å². The molecular weight excluding hydrogens is 180 g/mol. The summed E-state index contributed by atoms with van der Waals surface area (Å²) < 4.78 is 14.7. The van der Waals surface area contributed by atoms with Gasteiger partial charge < -0.3 is 9.47 Å². The summed E-state index contributed by atoms with van der Waals surface area (Å²) in [5.41, 5.74) is 0. The van der Waals surface area contributed by atoms with Gasteiger partial charge in [-0.15, -0.1) is 0 Å². The van der Waals surface area contributed by atoms with E-state index in [1.165, 1.54) is 0 Å². The summed E-state index contributed by atoms with van der Waals surface area (Å²) in [4.78, 5) is 0. The number of hydrogen-bond donors (Lipinski definition) is 0. The molecule has 0 radical (unpaired) electrons. The summed E-state index contributed by atoms with van der Waals surface area (Å²) in [5.74, 6) is 0. The van der Waals surface area contributed by atoms with Crippen LogP contribution < -0.4 is 4.57 Å². The lowest BCUT2D eigenvalue weighted by molar-refractivity contribution is -0.702. The van der Waals surface area contributed by atoms with Gasteiger partial charge in [0.15, 0.2) is 0 Å². The second-order valence-electron chi connectivity index (χ2n) is 3.81. The third-order valence-electron chi connectivity index (χ3n) is 2.43. The standard InChI is InChI=1S/C10H17N2O2/c1-9(13-2)5-11-3-4-12(8-11)6-10-7-14-10/h3-4,8-10H,5-7H2,1-2H3/q+1. The Balaban J connectivity index is 1.88. The van der Waals surface area contributed by atoms with Crippen LogP contribution in [0.1, 0.15) is 6.92 Å². The number of hydrogen-bond acceptors (Lipinski definition) is 2. The highest BCUT2D eigenvalue weighted by atomic mass is 16.6. The molecule has 0 aromatic carbocycles. The van der Waals surface area contributed by atoms with Gasteiger partial charge in [0, 0.05) is 7.11 Å². The summed E-state index contributed by atoms with van der Waals surface area (Å²) in [7, 11) is 1.74. The Labute approximate surface area is 84.1 Å². The zero-order valence-corrected chi connectivity index (χ0v) is 8.72. The Bertz CT molecular complexity index is 294. The molecule has 1 aromatic rings.